The summed E-state index contributed by atoms with van der Waals surface area (Å²) in [4.78, 5) is 26.0. The van der Waals surface area contributed by atoms with Crippen molar-refractivity contribution in [2.75, 3.05) is 13.2 Å². The molecule has 0 unspecified atom stereocenters. The van der Waals surface area contributed by atoms with E-state index in [-0.39, 0.29) is 17.9 Å². The standard InChI is InChI=1S/C16H25N3O3/c1-2-22-16(21)13-14-7-3-4-12-19(14)15(20)8-5-10-18-11-6-9-17-18/h6,9,11,14H,2-5,7-8,10,12-13H2,1H3/t14-/m0/s1. The van der Waals surface area contributed by atoms with Gasteiger partial charge in [-0.1, -0.05) is 0 Å². The lowest BCUT2D eigenvalue weighted by Gasteiger charge is -2.35. The van der Waals surface area contributed by atoms with Crippen molar-refractivity contribution >= 4 is 11.9 Å². The molecular weight excluding hydrogens is 282 g/mol. The zero-order valence-corrected chi connectivity index (χ0v) is 13.2. The Bertz CT molecular complexity index is 473. The molecule has 6 heteroatoms. The first-order chi connectivity index (χ1) is 10.7. The number of esters is 1. The van der Waals surface area contributed by atoms with Gasteiger partial charge in [-0.2, -0.15) is 5.10 Å². The molecule has 2 heterocycles. The molecule has 22 heavy (non-hydrogen) atoms. The van der Waals surface area contributed by atoms with E-state index in [4.69, 9.17) is 4.74 Å². The molecule has 1 aromatic heterocycles. The van der Waals surface area contributed by atoms with E-state index in [1.54, 1.807) is 13.1 Å². The van der Waals surface area contributed by atoms with Gasteiger partial charge in [0.15, 0.2) is 0 Å². The summed E-state index contributed by atoms with van der Waals surface area (Å²) in [6.07, 6.45) is 8.20. The van der Waals surface area contributed by atoms with E-state index < -0.39 is 0 Å². The summed E-state index contributed by atoms with van der Waals surface area (Å²) in [5.74, 6) is -0.0649. The van der Waals surface area contributed by atoms with Crippen molar-refractivity contribution in [2.24, 2.45) is 0 Å². The normalized spacial score (nSPS) is 18.2. The molecule has 2 rings (SSSR count). The first-order valence-corrected chi connectivity index (χ1v) is 8.13. The van der Waals surface area contributed by atoms with Crippen molar-refractivity contribution in [3.8, 4) is 0 Å². The largest absolute Gasteiger partial charge is 0.466 e. The molecule has 6 nitrogen and oxygen atoms in total. The summed E-state index contributed by atoms with van der Waals surface area (Å²) in [7, 11) is 0. The maximum Gasteiger partial charge on any atom is 0.307 e. The van der Waals surface area contributed by atoms with Crippen LogP contribution in [0.2, 0.25) is 0 Å². The summed E-state index contributed by atoms with van der Waals surface area (Å²) in [5.41, 5.74) is 0. The Morgan fingerprint density at radius 3 is 2.95 bits per heavy atom. The summed E-state index contributed by atoms with van der Waals surface area (Å²) < 4.78 is 6.85. The quantitative estimate of drug-likeness (QED) is 0.723. The molecule has 0 bridgehead atoms. The second kappa shape index (κ2) is 8.56. The van der Waals surface area contributed by atoms with Gasteiger partial charge in [-0.25, -0.2) is 0 Å². The molecule has 1 amide bonds. The highest BCUT2D eigenvalue weighted by atomic mass is 16.5. The molecule has 0 spiro atoms. The minimum atomic E-state index is -0.205. The molecule has 0 aromatic carbocycles. The Kier molecular flexibility index (Phi) is 6.43. The minimum absolute atomic E-state index is 0.00463. The summed E-state index contributed by atoms with van der Waals surface area (Å²) in [6, 6.07) is 1.88. The molecule has 1 aliphatic rings. The zero-order valence-electron chi connectivity index (χ0n) is 13.2. The third-order valence-electron chi connectivity index (χ3n) is 3.99. The molecule has 1 fully saturated rings. The zero-order chi connectivity index (χ0) is 15.8. The minimum Gasteiger partial charge on any atom is -0.466 e. The van der Waals surface area contributed by atoms with Gasteiger partial charge in [0.2, 0.25) is 5.91 Å². The van der Waals surface area contributed by atoms with E-state index in [0.29, 0.717) is 19.4 Å². The Labute approximate surface area is 131 Å². The molecule has 1 aliphatic heterocycles. The predicted molar refractivity (Wildman–Crippen MR) is 82.1 cm³/mol. The molecule has 1 atom stereocenters. The van der Waals surface area contributed by atoms with Crippen LogP contribution in [0.15, 0.2) is 18.5 Å². The highest BCUT2D eigenvalue weighted by Crippen LogP contribution is 2.21. The lowest BCUT2D eigenvalue weighted by molar-refractivity contribution is -0.146. The molecule has 1 aromatic rings. The number of aromatic nitrogens is 2. The van der Waals surface area contributed by atoms with Crippen LogP contribution in [-0.4, -0.2) is 45.8 Å². The predicted octanol–water partition coefficient (Wildman–Crippen LogP) is 2.00. The van der Waals surface area contributed by atoms with Crippen molar-refractivity contribution in [1.82, 2.24) is 14.7 Å². The maximum absolute atomic E-state index is 12.4. The van der Waals surface area contributed by atoms with E-state index in [2.05, 4.69) is 5.10 Å². The van der Waals surface area contributed by atoms with Crippen molar-refractivity contribution in [3.63, 3.8) is 0 Å². The van der Waals surface area contributed by atoms with E-state index in [9.17, 15) is 9.59 Å². The summed E-state index contributed by atoms with van der Waals surface area (Å²) in [5, 5.41) is 4.13. The van der Waals surface area contributed by atoms with Crippen LogP contribution in [0.1, 0.15) is 45.4 Å². The van der Waals surface area contributed by atoms with Gasteiger partial charge >= 0.3 is 5.97 Å². The van der Waals surface area contributed by atoms with Crippen LogP contribution in [-0.2, 0) is 20.9 Å². The number of amides is 1. The number of nitrogens with zero attached hydrogens (tertiary/aromatic N) is 3. The number of likely N-dealkylation sites (tertiary alicyclic amines) is 1. The Morgan fingerprint density at radius 2 is 2.23 bits per heavy atom. The van der Waals surface area contributed by atoms with Crippen LogP contribution < -0.4 is 0 Å². The van der Waals surface area contributed by atoms with Gasteiger partial charge in [0.1, 0.15) is 0 Å². The highest BCUT2D eigenvalue weighted by Gasteiger charge is 2.28. The van der Waals surface area contributed by atoms with Crippen molar-refractivity contribution < 1.29 is 14.3 Å². The van der Waals surface area contributed by atoms with E-state index in [0.717, 1.165) is 38.8 Å². The summed E-state index contributed by atoms with van der Waals surface area (Å²) >= 11 is 0. The lowest BCUT2D eigenvalue weighted by atomic mass is 9.98. The SMILES string of the molecule is CCOC(=O)C[C@@H]1CCCCN1C(=O)CCCn1cccn1. The number of aryl methyl sites for hydroxylation is 1. The molecule has 122 valence electrons. The summed E-state index contributed by atoms with van der Waals surface area (Å²) in [6.45, 7) is 3.69. The number of hydrogen-bond donors (Lipinski definition) is 0. The number of piperidine rings is 1. The smallest absolute Gasteiger partial charge is 0.307 e. The Hall–Kier alpha value is -1.85. The first-order valence-electron chi connectivity index (χ1n) is 8.13. The van der Waals surface area contributed by atoms with Gasteiger partial charge in [0.05, 0.1) is 13.0 Å². The Morgan fingerprint density at radius 1 is 1.36 bits per heavy atom. The average molecular weight is 307 g/mol. The second-order valence-corrected chi connectivity index (χ2v) is 5.62. The molecule has 0 radical (unpaired) electrons. The maximum atomic E-state index is 12.4. The van der Waals surface area contributed by atoms with Gasteiger partial charge in [0, 0.05) is 37.9 Å². The average Bonchev–Trinajstić information content (AvgIpc) is 3.01. The van der Waals surface area contributed by atoms with E-state index >= 15 is 0 Å². The van der Waals surface area contributed by atoms with Gasteiger partial charge in [-0.15, -0.1) is 0 Å². The van der Waals surface area contributed by atoms with Crippen molar-refractivity contribution in [1.29, 1.82) is 0 Å². The first kappa shape index (κ1) is 16.5. The van der Waals surface area contributed by atoms with Gasteiger partial charge < -0.3 is 9.64 Å². The fraction of sp³-hybridized carbons (Fsp3) is 0.688. The van der Waals surface area contributed by atoms with Gasteiger partial charge in [-0.3, -0.25) is 14.3 Å². The fourth-order valence-electron chi connectivity index (χ4n) is 2.92. The molecule has 0 aliphatic carbocycles. The highest BCUT2D eigenvalue weighted by molar-refractivity contribution is 5.78. The van der Waals surface area contributed by atoms with E-state index in [1.807, 2.05) is 21.8 Å². The van der Waals surface area contributed by atoms with Crippen LogP contribution >= 0.6 is 0 Å². The third kappa shape index (κ3) is 4.86. The number of carbonyl (C=O) groups excluding carboxylic acids is 2. The number of rotatable bonds is 7. The van der Waals surface area contributed by atoms with Gasteiger partial charge in [-0.05, 0) is 38.7 Å². The van der Waals surface area contributed by atoms with Crippen LogP contribution in [0.5, 0.6) is 0 Å². The fourth-order valence-corrected chi connectivity index (χ4v) is 2.92. The van der Waals surface area contributed by atoms with Gasteiger partial charge in [0.25, 0.3) is 0 Å². The van der Waals surface area contributed by atoms with E-state index in [1.165, 1.54) is 0 Å². The Balaban J connectivity index is 1.80. The number of hydrogen-bond acceptors (Lipinski definition) is 4. The lowest BCUT2D eigenvalue weighted by Crippen LogP contribution is -2.44. The second-order valence-electron chi connectivity index (χ2n) is 5.62. The molecule has 1 saturated heterocycles. The van der Waals surface area contributed by atoms with Crippen molar-refractivity contribution in [3.05, 3.63) is 18.5 Å². The number of carbonyl (C=O) groups is 2. The topological polar surface area (TPSA) is 64.4 Å². The van der Waals surface area contributed by atoms with Crippen molar-refractivity contribution in [2.45, 2.75) is 58.0 Å². The van der Waals surface area contributed by atoms with Crippen LogP contribution in [0.4, 0.5) is 0 Å². The number of ether oxygens (including phenoxy) is 1. The van der Waals surface area contributed by atoms with Crippen LogP contribution in [0.3, 0.4) is 0 Å². The molecule has 0 saturated carbocycles. The monoisotopic (exact) mass is 307 g/mol. The van der Waals surface area contributed by atoms with Crippen LogP contribution in [0.25, 0.3) is 0 Å². The molecule has 0 N–H and O–H groups in total. The third-order valence-corrected chi connectivity index (χ3v) is 3.99. The van der Waals surface area contributed by atoms with Crippen LogP contribution in [0, 0.1) is 0 Å². The molecular formula is C16H25N3O3.